The summed E-state index contributed by atoms with van der Waals surface area (Å²) in [5, 5.41) is 3.07. The monoisotopic (exact) mass is 245 g/mol. The topological polar surface area (TPSA) is 30.0 Å². The Morgan fingerprint density at radius 1 is 1.41 bits per heavy atom. The first-order valence-electron chi connectivity index (χ1n) is 5.76. The fraction of sp³-hybridized carbons (Fsp3) is 0.286. The number of carbonyl (C=O) groups excluding carboxylic acids is 1. The molecule has 1 aromatic carbocycles. The van der Waals surface area contributed by atoms with Crippen LogP contribution in [0.1, 0.15) is 35.1 Å². The van der Waals surface area contributed by atoms with Gasteiger partial charge in [-0.3, -0.25) is 4.79 Å². The zero-order valence-corrected chi connectivity index (χ0v) is 10.9. The standard InChI is InChI=1S/C14H15NOS/c1-3-5-14(16)12-7-4-6-11(8-12)13-9-17-10(2)15-13/h4,6-9H,3,5H2,1-2H3. The highest BCUT2D eigenvalue weighted by Gasteiger charge is 2.07. The fourth-order valence-electron chi connectivity index (χ4n) is 1.72. The van der Waals surface area contributed by atoms with Crippen molar-refractivity contribution < 1.29 is 4.79 Å². The number of aryl methyl sites for hydroxylation is 1. The number of nitrogens with zero attached hydrogens (tertiary/aromatic N) is 1. The largest absolute Gasteiger partial charge is 0.294 e. The van der Waals surface area contributed by atoms with Crippen LogP contribution >= 0.6 is 11.3 Å². The number of hydrogen-bond donors (Lipinski definition) is 0. The maximum atomic E-state index is 11.8. The van der Waals surface area contributed by atoms with Gasteiger partial charge in [0.15, 0.2) is 5.78 Å². The van der Waals surface area contributed by atoms with Crippen LogP contribution in [0.3, 0.4) is 0 Å². The van der Waals surface area contributed by atoms with E-state index < -0.39 is 0 Å². The summed E-state index contributed by atoms with van der Waals surface area (Å²) >= 11 is 1.63. The smallest absolute Gasteiger partial charge is 0.162 e. The molecular formula is C14H15NOS. The lowest BCUT2D eigenvalue weighted by atomic mass is 10.0. The van der Waals surface area contributed by atoms with E-state index in [9.17, 15) is 4.79 Å². The molecular weight excluding hydrogens is 230 g/mol. The van der Waals surface area contributed by atoms with Crippen molar-refractivity contribution in [3.8, 4) is 11.3 Å². The van der Waals surface area contributed by atoms with Gasteiger partial charge in [0.1, 0.15) is 0 Å². The Hall–Kier alpha value is -1.48. The van der Waals surface area contributed by atoms with Gasteiger partial charge < -0.3 is 0 Å². The van der Waals surface area contributed by atoms with Crippen LogP contribution < -0.4 is 0 Å². The number of benzene rings is 1. The summed E-state index contributed by atoms with van der Waals surface area (Å²) in [4.78, 5) is 16.3. The van der Waals surface area contributed by atoms with E-state index in [4.69, 9.17) is 0 Å². The summed E-state index contributed by atoms with van der Waals surface area (Å²) in [7, 11) is 0. The van der Waals surface area contributed by atoms with Crippen LogP contribution in [0.2, 0.25) is 0 Å². The quantitative estimate of drug-likeness (QED) is 0.759. The number of aromatic nitrogens is 1. The van der Waals surface area contributed by atoms with Crippen LogP contribution in [-0.4, -0.2) is 10.8 Å². The van der Waals surface area contributed by atoms with Gasteiger partial charge in [-0.25, -0.2) is 4.98 Å². The van der Waals surface area contributed by atoms with Gasteiger partial charge in [-0.1, -0.05) is 25.1 Å². The highest BCUT2D eigenvalue weighted by molar-refractivity contribution is 7.09. The molecule has 88 valence electrons. The maximum Gasteiger partial charge on any atom is 0.162 e. The van der Waals surface area contributed by atoms with Crippen molar-refractivity contribution in [2.45, 2.75) is 26.7 Å². The fourth-order valence-corrected chi connectivity index (χ4v) is 2.34. The highest BCUT2D eigenvalue weighted by Crippen LogP contribution is 2.22. The molecule has 0 atom stereocenters. The molecule has 0 aliphatic heterocycles. The third kappa shape index (κ3) is 2.80. The first-order chi connectivity index (χ1) is 8.20. The minimum Gasteiger partial charge on any atom is -0.294 e. The Kier molecular flexibility index (Phi) is 3.69. The van der Waals surface area contributed by atoms with Gasteiger partial charge in [0.05, 0.1) is 10.7 Å². The zero-order chi connectivity index (χ0) is 12.3. The minimum absolute atomic E-state index is 0.210. The molecule has 3 heteroatoms. The molecule has 1 aromatic heterocycles. The zero-order valence-electron chi connectivity index (χ0n) is 10.1. The van der Waals surface area contributed by atoms with Crippen LogP contribution in [0.15, 0.2) is 29.6 Å². The average molecular weight is 245 g/mol. The third-order valence-corrected chi connectivity index (χ3v) is 3.35. The Labute approximate surface area is 105 Å². The Morgan fingerprint density at radius 2 is 2.24 bits per heavy atom. The van der Waals surface area contributed by atoms with E-state index in [2.05, 4.69) is 4.98 Å². The number of rotatable bonds is 4. The van der Waals surface area contributed by atoms with Gasteiger partial charge in [-0.2, -0.15) is 0 Å². The van der Waals surface area contributed by atoms with Gasteiger partial charge in [-0.05, 0) is 19.4 Å². The predicted molar refractivity (Wildman–Crippen MR) is 71.5 cm³/mol. The minimum atomic E-state index is 0.210. The summed E-state index contributed by atoms with van der Waals surface area (Å²) < 4.78 is 0. The second-order valence-electron chi connectivity index (χ2n) is 4.01. The molecule has 0 bridgehead atoms. The van der Waals surface area contributed by atoms with E-state index in [1.165, 1.54) is 0 Å². The Bertz CT molecular complexity index is 531. The van der Waals surface area contributed by atoms with Gasteiger partial charge >= 0.3 is 0 Å². The molecule has 0 amide bonds. The van der Waals surface area contributed by atoms with Crippen molar-refractivity contribution in [2.24, 2.45) is 0 Å². The molecule has 0 aliphatic carbocycles. The molecule has 2 rings (SSSR count). The van der Waals surface area contributed by atoms with E-state index in [0.717, 1.165) is 28.2 Å². The maximum absolute atomic E-state index is 11.8. The van der Waals surface area contributed by atoms with Gasteiger partial charge in [-0.15, -0.1) is 11.3 Å². The molecule has 0 aliphatic rings. The van der Waals surface area contributed by atoms with Crippen LogP contribution in [0.25, 0.3) is 11.3 Å². The number of thiazole rings is 1. The number of ketones is 1. The Morgan fingerprint density at radius 3 is 2.88 bits per heavy atom. The molecule has 0 fully saturated rings. The summed E-state index contributed by atoms with van der Waals surface area (Å²) in [6, 6.07) is 7.73. The van der Waals surface area contributed by atoms with Crippen LogP contribution in [0, 0.1) is 6.92 Å². The van der Waals surface area contributed by atoms with E-state index in [0.29, 0.717) is 6.42 Å². The lowest BCUT2D eigenvalue weighted by Gasteiger charge is -2.02. The van der Waals surface area contributed by atoms with Gasteiger partial charge in [0.2, 0.25) is 0 Å². The van der Waals surface area contributed by atoms with E-state index in [1.54, 1.807) is 11.3 Å². The highest BCUT2D eigenvalue weighted by atomic mass is 32.1. The average Bonchev–Trinajstić information content (AvgIpc) is 2.76. The molecule has 0 saturated heterocycles. The van der Waals surface area contributed by atoms with Crippen LogP contribution in [0.5, 0.6) is 0 Å². The van der Waals surface area contributed by atoms with Crippen LogP contribution in [-0.2, 0) is 0 Å². The lowest BCUT2D eigenvalue weighted by Crippen LogP contribution is -1.97. The molecule has 0 unspecified atom stereocenters. The number of hydrogen-bond acceptors (Lipinski definition) is 3. The second kappa shape index (κ2) is 5.23. The van der Waals surface area contributed by atoms with Crippen molar-refractivity contribution in [3.05, 3.63) is 40.2 Å². The van der Waals surface area contributed by atoms with Gasteiger partial charge in [0.25, 0.3) is 0 Å². The Balaban J connectivity index is 2.31. The lowest BCUT2D eigenvalue weighted by molar-refractivity contribution is 0.0982. The van der Waals surface area contributed by atoms with Crippen molar-refractivity contribution in [1.82, 2.24) is 4.98 Å². The van der Waals surface area contributed by atoms with Crippen LogP contribution in [0.4, 0.5) is 0 Å². The van der Waals surface area contributed by atoms with Crippen molar-refractivity contribution >= 4 is 17.1 Å². The molecule has 1 heterocycles. The molecule has 0 saturated carbocycles. The molecule has 2 aromatic rings. The summed E-state index contributed by atoms with van der Waals surface area (Å²) in [5.41, 5.74) is 2.77. The van der Waals surface area contributed by atoms with Crippen molar-refractivity contribution in [3.63, 3.8) is 0 Å². The second-order valence-corrected chi connectivity index (χ2v) is 5.07. The van der Waals surface area contributed by atoms with E-state index >= 15 is 0 Å². The number of carbonyl (C=O) groups is 1. The third-order valence-electron chi connectivity index (χ3n) is 2.58. The molecule has 0 radical (unpaired) electrons. The van der Waals surface area contributed by atoms with Crippen molar-refractivity contribution in [1.29, 1.82) is 0 Å². The first-order valence-corrected chi connectivity index (χ1v) is 6.64. The number of Topliss-reactive ketones (excluding diaryl/α,β-unsaturated/α-hetero) is 1. The van der Waals surface area contributed by atoms with Crippen molar-refractivity contribution in [2.75, 3.05) is 0 Å². The van der Waals surface area contributed by atoms with E-state index in [-0.39, 0.29) is 5.78 Å². The van der Waals surface area contributed by atoms with E-state index in [1.807, 2.05) is 43.5 Å². The predicted octanol–water partition coefficient (Wildman–Crippen LogP) is 4.10. The molecule has 17 heavy (non-hydrogen) atoms. The molecule has 0 spiro atoms. The summed E-state index contributed by atoms with van der Waals surface area (Å²) in [5.74, 6) is 0.210. The summed E-state index contributed by atoms with van der Waals surface area (Å²) in [6.45, 7) is 4.01. The first kappa shape index (κ1) is 12.0. The SMILES string of the molecule is CCCC(=O)c1cccc(-c2csc(C)n2)c1. The van der Waals surface area contributed by atoms with Gasteiger partial charge in [0, 0.05) is 22.9 Å². The normalized spacial score (nSPS) is 10.5. The molecule has 0 N–H and O–H groups in total. The molecule has 2 nitrogen and oxygen atoms in total. The summed E-state index contributed by atoms with van der Waals surface area (Å²) in [6.07, 6.45) is 1.50.